The number of phenolic OH excluding ortho intramolecular Hbond substituents is 2. The van der Waals surface area contributed by atoms with Crippen molar-refractivity contribution in [1.29, 1.82) is 0 Å². The molecule has 3 nitrogen and oxygen atoms in total. The molecule has 0 amide bonds. The van der Waals surface area contributed by atoms with E-state index in [1.807, 2.05) is 24.3 Å². The van der Waals surface area contributed by atoms with E-state index in [2.05, 4.69) is 0 Å². The SMILES string of the molecule is Oc1ccc2c(oc3ccccc32)c1O. The fraction of sp³-hybridized carbons (Fsp3) is 0. The van der Waals surface area contributed by atoms with Gasteiger partial charge in [0.1, 0.15) is 5.58 Å². The van der Waals surface area contributed by atoms with Gasteiger partial charge in [0.25, 0.3) is 0 Å². The average Bonchev–Trinajstić information content (AvgIpc) is 2.63. The van der Waals surface area contributed by atoms with E-state index in [1.165, 1.54) is 6.07 Å². The number of hydrogen-bond acceptors (Lipinski definition) is 3. The second-order valence-electron chi connectivity index (χ2n) is 3.41. The molecule has 0 bridgehead atoms. The molecule has 0 aliphatic heterocycles. The first-order chi connectivity index (χ1) is 7.27. The Bertz CT molecular complexity index is 652. The molecule has 0 saturated heterocycles. The van der Waals surface area contributed by atoms with Gasteiger partial charge in [0.2, 0.25) is 5.75 Å². The number of fused-ring (bicyclic) bond motifs is 3. The molecule has 0 spiro atoms. The quantitative estimate of drug-likeness (QED) is 0.548. The van der Waals surface area contributed by atoms with Crippen molar-refractivity contribution in [2.24, 2.45) is 0 Å². The van der Waals surface area contributed by atoms with Crippen LogP contribution in [0.2, 0.25) is 0 Å². The molecular weight excluding hydrogens is 192 g/mol. The van der Waals surface area contributed by atoms with Crippen molar-refractivity contribution in [3.8, 4) is 11.5 Å². The van der Waals surface area contributed by atoms with Crippen molar-refractivity contribution in [2.45, 2.75) is 0 Å². The maximum absolute atomic E-state index is 9.62. The highest BCUT2D eigenvalue weighted by atomic mass is 16.4. The average molecular weight is 200 g/mol. The van der Waals surface area contributed by atoms with Crippen LogP contribution < -0.4 is 0 Å². The molecular formula is C12H8O3. The summed E-state index contributed by atoms with van der Waals surface area (Å²) in [5.74, 6) is -0.370. The first-order valence-electron chi connectivity index (χ1n) is 4.59. The summed E-state index contributed by atoms with van der Waals surface area (Å²) in [5.41, 5.74) is 1.03. The van der Waals surface area contributed by atoms with Crippen LogP contribution in [0, 0.1) is 0 Å². The highest BCUT2D eigenvalue weighted by Gasteiger charge is 2.12. The molecule has 0 aliphatic rings. The third-order valence-electron chi connectivity index (χ3n) is 2.50. The van der Waals surface area contributed by atoms with Crippen molar-refractivity contribution < 1.29 is 14.6 Å². The van der Waals surface area contributed by atoms with E-state index < -0.39 is 0 Å². The van der Waals surface area contributed by atoms with Crippen molar-refractivity contribution >= 4 is 21.9 Å². The predicted octanol–water partition coefficient (Wildman–Crippen LogP) is 3.00. The minimum atomic E-state index is -0.205. The van der Waals surface area contributed by atoms with E-state index in [4.69, 9.17) is 4.42 Å². The Labute approximate surface area is 85.2 Å². The normalized spacial score (nSPS) is 11.2. The molecule has 0 unspecified atom stereocenters. The van der Waals surface area contributed by atoms with Crippen LogP contribution >= 0.6 is 0 Å². The molecule has 15 heavy (non-hydrogen) atoms. The van der Waals surface area contributed by atoms with Crippen LogP contribution in [0.15, 0.2) is 40.8 Å². The maximum Gasteiger partial charge on any atom is 0.201 e. The second kappa shape index (κ2) is 2.67. The van der Waals surface area contributed by atoms with Crippen LogP contribution in [-0.2, 0) is 0 Å². The minimum absolute atomic E-state index is 0.165. The minimum Gasteiger partial charge on any atom is -0.504 e. The smallest absolute Gasteiger partial charge is 0.201 e. The van der Waals surface area contributed by atoms with Crippen LogP contribution in [0.5, 0.6) is 11.5 Å². The van der Waals surface area contributed by atoms with Crippen molar-refractivity contribution in [3.05, 3.63) is 36.4 Å². The summed E-state index contributed by atoms with van der Waals surface area (Å²) in [6, 6.07) is 10.7. The standard InChI is InChI=1S/C12H8O3/c13-9-6-5-8-7-3-1-2-4-10(7)15-12(8)11(9)14/h1-6,13-14H. The van der Waals surface area contributed by atoms with Crippen molar-refractivity contribution in [3.63, 3.8) is 0 Å². The van der Waals surface area contributed by atoms with Crippen molar-refractivity contribution in [2.75, 3.05) is 0 Å². The summed E-state index contributed by atoms with van der Waals surface area (Å²) in [6.07, 6.45) is 0. The molecule has 3 aromatic rings. The molecule has 2 N–H and O–H groups in total. The zero-order chi connectivity index (χ0) is 10.4. The summed E-state index contributed by atoms with van der Waals surface area (Å²) in [5, 5.41) is 20.7. The number of hydrogen-bond donors (Lipinski definition) is 2. The van der Waals surface area contributed by atoms with Gasteiger partial charge in [0.05, 0.1) is 0 Å². The zero-order valence-electron chi connectivity index (χ0n) is 7.77. The monoisotopic (exact) mass is 200 g/mol. The fourth-order valence-electron chi connectivity index (χ4n) is 1.76. The second-order valence-corrected chi connectivity index (χ2v) is 3.41. The van der Waals surface area contributed by atoms with Gasteiger partial charge in [-0.2, -0.15) is 0 Å². The molecule has 74 valence electrons. The van der Waals surface area contributed by atoms with E-state index >= 15 is 0 Å². The first kappa shape index (κ1) is 8.17. The lowest BCUT2D eigenvalue weighted by Gasteiger charge is -1.95. The maximum atomic E-state index is 9.62. The van der Waals surface area contributed by atoms with Gasteiger partial charge in [-0.05, 0) is 18.2 Å². The Morgan fingerprint density at radius 3 is 2.53 bits per heavy atom. The van der Waals surface area contributed by atoms with Gasteiger partial charge < -0.3 is 14.6 Å². The van der Waals surface area contributed by atoms with E-state index in [0.29, 0.717) is 11.2 Å². The van der Waals surface area contributed by atoms with Gasteiger partial charge in [-0.25, -0.2) is 0 Å². The van der Waals surface area contributed by atoms with Gasteiger partial charge in [-0.1, -0.05) is 18.2 Å². The summed E-state index contributed by atoms with van der Waals surface area (Å²) < 4.78 is 5.45. The molecule has 1 aromatic heterocycles. The molecule has 0 atom stereocenters. The van der Waals surface area contributed by atoms with E-state index in [0.717, 1.165) is 10.8 Å². The molecule has 3 rings (SSSR count). The lowest BCUT2D eigenvalue weighted by molar-refractivity contribution is 0.402. The van der Waals surface area contributed by atoms with E-state index in [1.54, 1.807) is 6.07 Å². The van der Waals surface area contributed by atoms with Gasteiger partial charge in [0, 0.05) is 10.8 Å². The van der Waals surface area contributed by atoms with Crippen LogP contribution in [0.4, 0.5) is 0 Å². The van der Waals surface area contributed by atoms with Crippen LogP contribution in [0.3, 0.4) is 0 Å². The predicted molar refractivity (Wildman–Crippen MR) is 57.0 cm³/mol. The number of furan rings is 1. The summed E-state index contributed by atoms with van der Waals surface area (Å²) in [6.45, 7) is 0. The summed E-state index contributed by atoms with van der Waals surface area (Å²) in [7, 11) is 0. The number of benzene rings is 2. The largest absolute Gasteiger partial charge is 0.504 e. The number of aromatic hydroxyl groups is 2. The Kier molecular flexibility index (Phi) is 1.45. The molecule has 0 radical (unpaired) electrons. The number of para-hydroxylation sites is 1. The Morgan fingerprint density at radius 2 is 1.67 bits per heavy atom. The fourth-order valence-corrected chi connectivity index (χ4v) is 1.76. The Hall–Kier alpha value is -2.16. The van der Waals surface area contributed by atoms with Gasteiger partial charge >= 0.3 is 0 Å². The summed E-state index contributed by atoms with van der Waals surface area (Å²) in [4.78, 5) is 0. The van der Waals surface area contributed by atoms with E-state index in [9.17, 15) is 10.2 Å². The molecule has 3 heteroatoms. The van der Waals surface area contributed by atoms with Crippen LogP contribution in [0.25, 0.3) is 21.9 Å². The molecule has 0 aliphatic carbocycles. The third-order valence-corrected chi connectivity index (χ3v) is 2.50. The summed E-state index contributed by atoms with van der Waals surface area (Å²) >= 11 is 0. The van der Waals surface area contributed by atoms with Crippen molar-refractivity contribution in [1.82, 2.24) is 0 Å². The number of rotatable bonds is 0. The zero-order valence-corrected chi connectivity index (χ0v) is 7.77. The Morgan fingerprint density at radius 1 is 0.867 bits per heavy atom. The highest BCUT2D eigenvalue weighted by molar-refractivity contribution is 6.07. The van der Waals surface area contributed by atoms with Gasteiger partial charge in [-0.15, -0.1) is 0 Å². The highest BCUT2D eigenvalue weighted by Crippen LogP contribution is 2.38. The van der Waals surface area contributed by atoms with Crippen LogP contribution in [0.1, 0.15) is 0 Å². The van der Waals surface area contributed by atoms with Gasteiger partial charge in [-0.3, -0.25) is 0 Å². The molecule has 0 saturated carbocycles. The Balaban J connectivity index is 2.60. The van der Waals surface area contributed by atoms with Gasteiger partial charge in [0.15, 0.2) is 11.3 Å². The lowest BCUT2D eigenvalue weighted by atomic mass is 10.1. The first-order valence-corrected chi connectivity index (χ1v) is 4.59. The lowest BCUT2D eigenvalue weighted by Crippen LogP contribution is -1.69. The van der Waals surface area contributed by atoms with E-state index in [-0.39, 0.29) is 11.5 Å². The topological polar surface area (TPSA) is 53.6 Å². The van der Waals surface area contributed by atoms with Crippen LogP contribution in [-0.4, -0.2) is 10.2 Å². The third kappa shape index (κ3) is 1.00. The molecule has 0 fully saturated rings. The number of phenols is 2. The molecule has 1 heterocycles. The molecule has 2 aromatic carbocycles.